The predicted molar refractivity (Wildman–Crippen MR) is 218 cm³/mol. The molecule has 0 aliphatic carbocycles. The van der Waals surface area contributed by atoms with Gasteiger partial charge in [0.1, 0.15) is 24.1 Å². The largest absolute Gasteiger partial charge is 0.496 e. The molecule has 0 unspecified atom stereocenters. The van der Waals surface area contributed by atoms with E-state index in [1.165, 1.54) is 13.2 Å². The molecule has 0 radical (unpaired) electrons. The number of piperidine rings is 2. The standard InChI is InChI=1S/C40H69ClN6O10/c1-45(27-14-19-46(20-15-27)17-10-6-4-5-8-12-36(51)43-24-32(49)38(53)39(54)33(50)26-48)37(52)13-9-7-11-18-47-21-16-31(35(25-47)57-3)44-40(55)28-22-29(41)30(42)23-34(28)56-2/h22-23,27,31-33,35,38-39,48-50,53-54H,4-21,24-26,42H2,1-3H3,(H,43,51)(H,44,55)/t31-,32+,33-,35+,38-,39-/m1/s1. The zero-order valence-electron chi connectivity index (χ0n) is 34.1. The molecular formula is C40H69ClN6O10. The third-order valence-electron chi connectivity index (χ3n) is 11.4. The Morgan fingerprint density at radius 2 is 1.47 bits per heavy atom. The van der Waals surface area contributed by atoms with E-state index in [1.807, 2.05) is 11.9 Å². The van der Waals surface area contributed by atoms with Crippen molar-refractivity contribution in [1.82, 2.24) is 25.3 Å². The third kappa shape index (κ3) is 16.1. The van der Waals surface area contributed by atoms with Crippen LogP contribution in [0.2, 0.25) is 5.02 Å². The molecule has 2 fully saturated rings. The number of halogens is 1. The first-order valence-corrected chi connectivity index (χ1v) is 20.9. The summed E-state index contributed by atoms with van der Waals surface area (Å²) in [4.78, 5) is 45.0. The predicted octanol–water partition coefficient (Wildman–Crippen LogP) is 1.13. The second-order valence-corrected chi connectivity index (χ2v) is 15.9. The lowest BCUT2D eigenvalue weighted by atomic mass is 10.00. The number of aliphatic hydroxyl groups excluding tert-OH is 5. The summed E-state index contributed by atoms with van der Waals surface area (Å²) in [5, 5.41) is 53.6. The minimum absolute atomic E-state index is 0.150. The number of rotatable bonds is 25. The number of nitrogens with zero attached hydrogens (tertiary/aromatic N) is 3. The van der Waals surface area contributed by atoms with E-state index in [0.717, 1.165) is 96.9 Å². The Bertz CT molecular complexity index is 1370. The molecule has 1 aromatic rings. The van der Waals surface area contributed by atoms with Gasteiger partial charge in [-0.1, -0.05) is 37.3 Å². The number of amides is 3. The number of carbonyl (C=O) groups is 3. The summed E-state index contributed by atoms with van der Waals surface area (Å²) in [6.07, 6.45) is 4.51. The minimum atomic E-state index is -1.72. The highest BCUT2D eigenvalue weighted by molar-refractivity contribution is 6.33. The second kappa shape index (κ2) is 25.6. The number of methoxy groups -OCH3 is 2. The van der Waals surface area contributed by atoms with Crippen molar-refractivity contribution < 1.29 is 49.4 Å². The van der Waals surface area contributed by atoms with Gasteiger partial charge in [-0.3, -0.25) is 14.4 Å². The van der Waals surface area contributed by atoms with E-state index >= 15 is 0 Å². The van der Waals surface area contributed by atoms with Gasteiger partial charge < -0.3 is 66.1 Å². The van der Waals surface area contributed by atoms with E-state index < -0.39 is 31.0 Å². The molecule has 3 rings (SSSR count). The van der Waals surface area contributed by atoms with Gasteiger partial charge in [0.05, 0.1) is 48.2 Å². The Labute approximate surface area is 343 Å². The highest BCUT2D eigenvalue weighted by Crippen LogP contribution is 2.29. The Balaban J connectivity index is 1.20. The summed E-state index contributed by atoms with van der Waals surface area (Å²) in [5.41, 5.74) is 6.55. The van der Waals surface area contributed by atoms with Crippen LogP contribution in [-0.4, -0.2) is 174 Å². The number of hydrogen-bond acceptors (Lipinski definition) is 13. The molecule has 0 aromatic heterocycles. The molecule has 2 heterocycles. The van der Waals surface area contributed by atoms with Crippen LogP contribution in [0, 0.1) is 0 Å². The van der Waals surface area contributed by atoms with Crippen molar-refractivity contribution in [3.63, 3.8) is 0 Å². The van der Waals surface area contributed by atoms with Gasteiger partial charge in [0, 0.05) is 71.8 Å². The number of likely N-dealkylation sites (tertiary alicyclic amines) is 2. The highest BCUT2D eigenvalue weighted by Gasteiger charge is 2.32. The van der Waals surface area contributed by atoms with Crippen LogP contribution in [0.1, 0.15) is 93.8 Å². The number of nitrogens with two attached hydrogens (primary N) is 1. The van der Waals surface area contributed by atoms with Crippen molar-refractivity contribution in [2.75, 3.05) is 79.4 Å². The summed E-state index contributed by atoms with van der Waals surface area (Å²) in [6.45, 7) is 4.41. The lowest BCUT2D eigenvalue weighted by Crippen LogP contribution is -2.54. The summed E-state index contributed by atoms with van der Waals surface area (Å²) >= 11 is 6.17. The molecule has 57 heavy (non-hydrogen) atoms. The van der Waals surface area contributed by atoms with E-state index in [2.05, 4.69) is 20.4 Å². The lowest BCUT2D eigenvalue weighted by Gasteiger charge is -2.38. The number of hydrogen-bond donors (Lipinski definition) is 8. The summed E-state index contributed by atoms with van der Waals surface area (Å²) < 4.78 is 11.1. The zero-order chi connectivity index (χ0) is 41.9. The number of unbranched alkanes of at least 4 members (excludes halogenated alkanes) is 6. The van der Waals surface area contributed by atoms with Gasteiger partial charge in [-0.15, -0.1) is 0 Å². The van der Waals surface area contributed by atoms with Gasteiger partial charge in [-0.2, -0.15) is 0 Å². The van der Waals surface area contributed by atoms with Crippen LogP contribution in [0.15, 0.2) is 12.1 Å². The van der Waals surface area contributed by atoms with E-state index in [-0.39, 0.29) is 42.5 Å². The van der Waals surface area contributed by atoms with Crippen LogP contribution < -0.4 is 21.1 Å². The van der Waals surface area contributed by atoms with Crippen molar-refractivity contribution in [1.29, 1.82) is 0 Å². The molecule has 1 aromatic carbocycles. The quantitative estimate of drug-likeness (QED) is 0.0511. The van der Waals surface area contributed by atoms with E-state index in [4.69, 9.17) is 31.9 Å². The maximum atomic E-state index is 13.1. The number of carbonyl (C=O) groups excluding carboxylic acids is 3. The van der Waals surface area contributed by atoms with Crippen LogP contribution in [0.3, 0.4) is 0 Å². The number of nitrogen functional groups attached to an aromatic ring is 1. The maximum absolute atomic E-state index is 13.1. The Hall–Kier alpha value is -2.80. The van der Waals surface area contributed by atoms with Crippen LogP contribution >= 0.6 is 11.6 Å². The number of nitrogens with one attached hydrogen (secondary N) is 2. The van der Waals surface area contributed by atoms with E-state index in [9.17, 15) is 34.8 Å². The molecule has 16 nitrogen and oxygen atoms in total. The average molecular weight is 829 g/mol. The molecule has 6 atom stereocenters. The van der Waals surface area contributed by atoms with Gasteiger partial charge in [0.2, 0.25) is 11.8 Å². The molecule has 2 saturated heterocycles. The molecule has 2 aliphatic rings. The van der Waals surface area contributed by atoms with Crippen molar-refractivity contribution in [2.24, 2.45) is 0 Å². The first kappa shape index (κ1) is 48.6. The molecule has 0 saturated carbocycles. The molecule has 3 amide bonds. The highest BCUT2D eigenvalue weighted by atomic mass is 35.5. The van der Waals surface area contributed by atoms with Gasteiger partial charge in [0.15, 0.2) is 0 Å². The van der Waals surface area contributed by atoms with Crippen LogP contribution in [0.4, 0.5) is 5.69 Å². The lowest BCUT2D eigenvalue weighted by molar-refractivity contribution is -0.133. The Morgan fingerprint density at radius 3 is 2.14 bits per heavy atom. The fourth-order valence-electron chi connectivity index (χ4n) is 7.59. The van der Waals surface area contributed by atoms with Gasteiger partial charge in [0.25, 0.3) is 5.91 Å². The molecule has 0 bridgehead atoms. The Morgan fingerprint density at radius 1 is 0.877 bits per heavy atom. The van der Waals surface area contributed by atoms with Crippen LogP contribution in [0.25, 0.3) is 0 Å². The first-order chi connectivity index (χ1) is 27.3. The van der Waals surface area contributed by atoms with Gasteiger partial charge >= 0.3 is 0 Å². The van der Waals surface area contributed by atoms with Crippen LogP contribution in [0.5, 0.6) is 5.75 Å². The zero-order valence-corrected chi connectivity index (χ0v) is 34.9. The topological polar surface area (TPSA) is 231 Å². The fraction of sp³-hybridized carbons (Fsp3) is 0.775. The smallest absolute Gasteiger partial charge is 0.255 e. The number of anilines is 1. The molecule has 2 aliphatic heterocycles. The maximum Gasteiger partial charge on any atom is 0.255 e. The Kier molecular flexibility index (Phi) is 21.8. The van der Waals surface area contributed by atoms with E-state index in [0.29, 0.717) is 47.8 Å². The summed E-state index contributed by atoms with van der Waals surface area (Å²) in [7, 11) is 5.09. The van der Waals surface area contributed by atoms with Crippen molar-refractivity contribution in [3.8, 4) is 5.75 Å². The summed E-state index contributed by atoms with van der Waals surface area (Å²) in [6, 6.07) is 3.20. The number of aliphatic hydroxyl groups is 5. The third-order valence-corrected chi connectivity index (χ3v) is 11.7. The monoisotopic (exact) mass is 828 g/mol. The minimum Gasteiger partial charge on any atom is -0.496 e. The van der Waals surface area contributed by atoms with Gasteiger partial charge in [-0.05, 0) is 64.1 Å². The number of ether oxygens (including phenoxy) is 2. The van der Waals surface area contributed by atoms with Crippen molar-refractivity contribution in [2.45, 2.75) is 126 Å². The molecule has 17 heteroatoms. The number of benzene rings is 1. The molecule has 9 N–H and O–H groups in total. The molecule has 326 valence electrons. The molecule has 0 spiro atoms. The molecular weight excluding hydrogens is 760 g/mol. The van der Waals surface area contributed by atoms with E-state index in [1.54, 1.807) is 13.2 Å². The van der Waals surface area contributed by atoms with Crippen LogP contribution in [-0.2, 0) is 14.3 Å². The average Bonchev–Trinajstić information content (AvgIpc) is 3.22. The van der Waals surface area contributed by atoms with Crippen molar-refractivity contribution in [3.05, 3.63) is 22.7 Å². The fourth-order valence-corrected chi connectivity index (χ4v) is 7.75. The normalized spacial score (nSPS) is 20.4. The summed E-state index contributed by atoms with van der Waals surface area (Å²) in [5.74, 6) is 0.0365. The first-order valence-electron chi connectivity index (χ1n) is 20.6. The SMILES string of the molecule is COc1cc(N)c(Cl)cc1C(=O)N[C@@H]1CCN(CCCCCC(=O)N(C)C2CCN(CCCCCCCC(=O)NC[C@H](O)[C@@H](O)[C@H](O)[C@H](O)CO)CC2)C[C@@H]1OC. The second-order valence-electron chi connectivity index (χ2n) is 15.5. The van der Waals surface area contributed by atoms with Crippen molar-refractivity contribution >= 4 is 35.0 Å². The van der Waals surface area contributed by atoms with Gasteiger partial charge in [-0.25, -0.2) is 0 Å².